The third kappa shape index (κ3) is 5.75. The molecule has 0 radical (unpaired) electrons. The van der Waals surface area contributed by atoms with Crippen LogP contribution >= 0.6 is 35.0 Å². The zero-order valence-corrected chi connectivity index (χ0v) is 18.7. The van der Waals surface area contributed by atoms with Crippen LogP contribution in [0.3, 0.4) is 0 Å². The maximum absolute atomic E-state index is 11.4. The number of benzene rings is 1. The molecule has 2 heterocycles. The number of rotatable bonds is 7. The van der Waals surface area contributed by atoms with Gasteiger partial charge in [-0.25, -0.2) is 4.98 Å². The first-order valence-corrected chi connectivity index (χ1v) is 10.7. The van der Waals surface area contributed by atoms with Gasteiger partial charge in [0.1, 0.15) is 17.5 Å². The molecule has 8 heteroatoms. The van der Waals surface area contributed by atoms with Crippen molar-refractivity contribution in [3.05, 3.63) is 69.9 Å². The first-order chi connectivity index (χ1) is 13.8. The van der Waals surface area contributed by atoms with Crippen molar-refractivity contribution in [1.29, 1.82) is 0 Å². The minimum absolute atomic E-state index is 0.0960. The molecule has 152 valence electrons. The van der Waals surface area contributed by atoms with E-state index in [1.54, 1.807) is 12.3 Å². The molecule has 3 rings (SSSR count). The molecule has 0 aliphatic carbocycles. The smallest absolute Gasteiger partial charge is 0.303 e. The summed E-state index contributed by atoms with van der Waals surface area (Å²) in [6.07, 6.45) is 1.75. The summed E-state index contributed by atoms with van der Waals surface area (Å²) < 4.78 is 7.29. The SMILES string of the molecule is CC(=O)OCc1nc(C(C)C)c(Sc2cc(Cl)cc(Cl)c2)n1Cc1ccccn1. The van der Waals surface area contributed by atoms with Gasteiger partial charge in [-0.1, -0.05) is 54.9 Å². The Balaban J connectivity index is 2.08. The van der Waals surface area contributed by atoms with Gasteiger partial charge in [0.05, 0.1) is 17.9 Å². The molecule has 0 aliphatic heterocycles. The van der Waals surface area contributed by atoms with Crippen molar-refractivity contribution in [2.45, 2.75) is 49.8 Å². The standard InChI is InChI=1S/C21H21Cl2N3O2S/c1-13(2)20-21(29-18-9-15(22)8-16(23)10-18)26(11-17-6-4-5-7-24-17)19(25-20)12-28-14(3)27/h4-10,13H,11-12H2,1-3H3. The van der Waals surface area contributed by atoms with Gasteiger partial charge >= 0.3 is 5.97 Å². The van der Waals surface area contributed by atoms with E-state index in [9.17, 15) is 4.79 Å². The number of hydrogen-bond donors (Lipinski definition) is 0. The van der Waals surface area contributed by atoms with E-state index in [-0.39, 0.29) is 18.5 Å². The van der Waals surface area contributed by atoms with Crippen LogP contribution in [0.1, 0.15) is 43.9 Å². The van der Waals surface area contributed by atoms with Crippen LogP contribution < -0.4 is 0 Å². The molecule has 0 unspecified atom stereocenters. The molecule has 29 heavy (non-hydrogen) atoms. The number of imidazole rings is 1. The fourth-order valence-electron chi connectivity index (χ4n) is 2.78. The minimum atomic E-state index is -0.348. The number of nitrogens with zero attached hydrogens (tertiary/aromatic N) is 3. The average Bonchev–Trinajstić information content (AvgIpc) is 2.97. The number of halogens is 2. The predicted molar refractivity (Wildman–Crippen MR) is 116 cm³/mol. The summed E-state index contributed by atoms with van der Waals surface area (Å²) in [4.78, 5) is 21.5. The predicted octanol–water partition coefficient (Wildman–Crippen LogP) is 5.97. The van der Waals surface area contributed by atoms with Gasteiger partial charge in [-0.05, 0) is 36.2 Å². The van der Waals surface area contributed by atoms with Gasteiger partial charge in [-0.15, -0.1) is 0 Å². The van der Waals surface area contributed by atoms with Crippen LogP contribution in [0.25, 0.3) is 0 Å². The third-order valence-corrected chi connectivity index (χ3v) is 5.60. The largest absolute Gasteiger partial charge is 0.458 e. The molecular formula is C21H21Cl2N3O2S. The third-order valence-electron chi connectivity index (χ3n) is 4.07. The highest BCUT2D eigenvalue weighted by Crippen LogP contribution is 2.37. The second kappa shape index (κ2) is 9.65. The Hall–Kier alpha value is -2.02. The van der Waals surface area contributed by atoms with Gasteiger partial charge in [-0.2, -0.15) is 0 Å². The highest BCUT2D eigenvalue weighted by molar-refractivity contribution is 7.99. The van der Waals surface area contributed by atoms with Crippen LogP contribution in [0.15, 0.2) is 52.5 Å². The van der Waals surface area contributed by atoms with Crippen molar-refractivity contribution in [2.75, 3.05) is 0 Å². The van der Waals surface area contributed by atoms with E-state index in [0.29, 0.717) is 22.4 Å². The van der Waals surface area contributed by atoms with E-state index in [2.05, 4.69) is 18.8 Å². The number of carbonyl (C=O) groups excluding carboxylic acids is 1. The Morgan fingerprint density at radius 1 is 1.21 bits per heavy atom. The van der Waals surface area contributed by atoms with Crippen LogP contribution in [0, 0.1) is 0 Å². The Morgan fingerprint density at radius 2 is 1.93 bits per heavy atom. The molecule has 0 bridgehead atoms. The molecular weight excluding hydrogens is 429 g/mol. The molecule has 0 amide bonds. The lowest BCUT2D eigenvalue weighted by Crippen LogP contribution is -2.10. The Labute approximate surface area is 184 Å². The van der Waals surface area contributed by atoms with Crippen molar-refractivity contribution in [3.63, 3.8) is 0 Å². The number of esters is 1. The Kier molecular flexibility index (Phi) is 7.22. The average molecular weight is 450 g/mol. The molecule has 0 spiro atoms. The maximum Gasteiger partial charge on any atom is 0.303 e. The summed E-state index contributed by atoms with van der Waals surface area (Å²) in [7, 11) is 0. The van der Waals surface area contributed by atoms with E-state index in [0.717, 1.165) is 21.3 Å². The minimum Gasteiger partial charge on any atom is -0.458 e. The molecule has 0 fully saturated rings. The van der Waals surface area contributed by atoms with E-state index in [1.165, 1.54) is 18.7 Å². The molecule has 1 aromatic carbocycles. The van der Waals surface area contributed by atoms with Crippen LogP contribution in [0.4, 0.5) is 0 Å². The van der Waals surface area contributed by atoms with Crippen LogP contribution in [0.5, 0.6) is 0 Å². The lowest BCUT2D eigenvalue weighted by molar-refractivity contribution is -0.142. The monoisotopic (exact) mass is 449 g/mol. The van der Waals surface area contributed by atoms with Gasteiger partial charge in [0, 0.05) is 28.1 Å². The quantitative estimate of drug-likeness (QED) is 0.415. The number of aromatic nitrogens is 3. The van der Waals surface area contributed by atoms with Crippen molar-refractivity contribution in [2.24, 2.45) is 0 Å². The van der Waals surface area contributed by atoms with Crippen LogP contribution in [-0.4, -0.2) is 20.5 Å². The van der Waals surface area contributed by atoms with Crippen molar-refractivity contribution >= 4 is 40.9 Å². The molecule has 3 aromatic rings. The first-order valence-electron chi connectivity index (χ1n) is 9.10. The fourth-order valence-corrected chi connectivity index (χ4v) is 4.69. The lowest BCUT2D eigenvalue weighted by Gasteiger charge is -2.13. The lowest BCUT2D eigenvalue weighted by atomic mass is 10.1. The summed E-state index contributed by atoms with van der Waals surface area (Å²) in [5, 5.41) is 2.09. The van der Waals surface area contributed by atoms with Gasteiger partial charge in [0.2, 0.25) is 0 Å². The summed E-state index contributed by atoms with van der Waals surface area (Å²) in [5.74, 6) is 0.498. The Morgan fingerprint density at radius 3 is 2.52 bits per heavy atom. The van der Waals surface area contributed by atoms with Crippen LogP contribution in [0.2, 0.25) is 10.0 Å². The molecule has 2 aromatic heterocycles. The van der Waals surface area contributed by atoms with E-state index in [1.807, 2.05) is 34.9 Å². The normalized spacial score (nSPS) is 11.1. The van der Waals surface area contributed by atoms with Crippen molar-refractivity contribution < 1.29 is 9.53 Å². The van der Waals surface area contributed by atoms with Crippen molar-refractivity contribution in [3.8, 4) is 0 Å². The van der Waals surface area contributed by atoms with Crippen molar-refractivity contribution in [1.82, 2.24) is 14.5 Å². The molecule has 0 aliphatic rings. The highest BCUT2D eigenvalue weighted by atomic mass is 35.5. The van der Waals surface area contributed by atoms with E-state index in [4.69, 9.17) is 32.9 Å². The van der Waals surface area contributed by atoms with Gasteiger partial charge in [0.25, 0.3) is 0 Å². The van der Waals surface area contributed by atoms with Gasteiger partial charge < -0.3 is 9.30 Å². The summed E-state index contributed by atoms with van der Waals surface area (Å²) in [5.41, 5.74) is 1.81. The zero-order chi connectivity index (χ0) is 21.0. The highest BCUT2D eigenvalue weighted by Gasteiger charge is 2.22. The number of hydrogen-bond acceptors (Lipinski definition) is 5. The summed E-state index contributed by atoms with van der Waals surface area (Å²) in [6, 6.07) is 11.2. The molecule has 0 atom stereocenters. The van der Waals surface area contributed by atoms with E-state index >= 15 is 0 Å². The Bertz CT molecular complexity index is 986. The van der Waals surface area contributed by atoms with Gasteiger partial charge in [0.15, 0.2) is 0 Å². The van der Waals surface area contributed by atoms with Crippen LogP contribution in [-0.2, 0) is 22.7 Å². The number of ether oxygens (including phenoxy) is 1. The second-order valence-corrected chi connectivity index (χ2v) is 8.70. The second-order valence-electron chi connectivity index (χ2n) is 6.77. The molecule has 0 saturated carbocycles. The summed E-state index contributed by atoms with van der Waals surface area (Å²) in [6.45, 7) is 6.15. The first kappa shape index (κ1) is 21.7. The molecule has 0 saturated heterocycles. The summed E-state index contributed by atoms with van der Waals surface area (Å²) >= 11 is 13.9. The fraction of sp³-hybridized carbons (Fsp3) is 0.286. The van der Waals surface area contributed by atoms with Gasteiger partial charge in [-0.3, -0.25) is 9.78 Å². The number of pyridine rings is 1. The zero-order valence-electron chi connectivity index (χ0n) is 16.4. The molecule has 5 nitrogen and oxygen atoms in total. The van der Waals surface area contributed by atoms with E-state index < -0.39 is 0 Å². The molecule has 0 N–H and O–H groups in total. The number of carbonyl (C=O) groups is 1. The topological polar surface area (TPSA) is 57.0 Å². The maximum atomic E-state index is 11.4.